The van der Waals surface area contributed by atoms with Crippen molar-refractivity contribution in [2.75, 3.05) is 32.7 Å². The van der Waals surface area contributed by atoms with Crippen molar-refractivity contribution in [1.29, 1.82) is 0 Å². The molecular formula is C18H21ClN4O4. The van der Waals surface area contributed by atoms with E-state index in [1.807, 2.05) is 0 Å². The summed E-state index contributed by atoms with van der Waals surface area (Å²) in [4.78, 5) is 32.4. The number of carbonyl (C=O) groups excluding carboxylic acids is 2. The quantitative estimate of drug-likeness (QED) is 0.526. The minimum atomic E-state index is -0.490. The largest absolute Gasteiger partial charge is 0.465 e. The van der Waals surface area contributed by atoms with E-state index in [2.05, 4.69) is 20.6 Å². The van der Waals surface area contributed by atoms with Crippen molar-refractivity contribution in [3.05, 3.63) is 46.2 Å². The maximum Gasteiger partial charge on any atom is 0.337 e. The second-order valence-corrected chi connectivity index (χ2v) is 6.04. The highest BCUT2D eigenvalue weighted by atomic mass is 35.5. The molecule has 1 amide bonds. The number of rotatable bonds is 8. The van der Waals surface area contributed by atoms with E-state index in [-0.39, 0.29) is 17.5 Å². The van der Waals surface area contributed by atoms with Gasteiger partial charge in [0.15, 0.2) is 0 Å². The summed E-state index contributed by atoms with van der Waals surface area (Å²) in [6, 6.07) is 6.23. The summed E-state index contributed by atoms with van der Waals surface area (Å²) in [6.45, 7) is 2.79. The molecule has 2 N–H and O–H groups in total. The maximum absolute atomic E-state index is 12.3. The van der Waals surface area contributed by atoms with Gasteiger partial charge in [0, 0.05) is 26.0 Å². The molecule has 0 aliphatic heterocycles. The number of hydrogen-bond donors (Lipinski definition) is 2. The van der Waals surface area contributed by atoms with Gasteiger partial charge in [0.05, 0.1) is 23.4 Å². The van der Waals surface area contributed by atoms with Crippen LogP contribution in [0.3, 0.4) is 0 Å². The van der Waals surface area contributed by atoms with Crippen molar-refractivity contribution < 1.29 is 19.1 Å². The van der Waals surface area contributed by atoms with Gasteiger partial charge in [-0.2, -0.15) is 0 Å². The first-order chi connectivity index (χ1) is 12.9. The smallest absolute Gasteiger partial charge is 0.337 e. The van der Waals surface area contributed by atoms with E-state index in [0.29, 0.717) is 41.5 Å². The van der Waals surface area contributed by atoms with Gasteiger partial charge in [0.2, 0.25) is 5.95 Å². The summed E-state index contributed by atoms with van der Waals surface area (Å²) in [7, 11) is 2.90. The molecule has 27 heavy (non-hydrogen) atoms. The molecule has 9 heteroatoms. The lowest BCUT2D eigenvalue weighted by Crippen LogP contribution is -2.26. The number of benzene rings is 1. The van der Waals surface area contributed by atoms with Crippen molar-refractivity contribution in [3.63, 3.8) is 0 Å². The van der Waals surface area contributed by atoms with Crippen LogP contribution in [0, 0.1) is 6.92 Å². The van der Waals surface area contributed by atoms with Gasteiger partial charge in [-0.1, -0.05) is 11.6 Å². The van der Waals surface area contributed by atoms with Crippen LogP contribution in [0.5, 0.6) is 0 Å². The number of halogens is 1. The van der Waals surface area contributed by atoms with Gasteiger partial charge in [0.25, 0.3) is 5.91 Å². The molecule has 1 heterocycles. The topological polar surface area (TPSA) is 102 Å². The van der Waals surface area contributed by atoms with Crippen molar-refractivity contribution >= 4 is 35.1 Å². The fourth-order valence-electron chi connectivity index (χ4n) is 2.24. The summed E-state index contributed by atoms with van der Waals surface area (Å²) in [5.41, 5.74) is 1.59. The maximum atomic E-state index is 12.3. The lowest BCUT2D eigenvalue weighted by Gasteiger charge is -2.11. The summed E-state index contributed by atoms with van der Waals surface area (Å²) in [5, 5.41) is 6.09. The van der Waals surface area contributed by atoms with Crippen molar-refractivity contribution in [2.24, 2.45) is 0 Å². The molecule has 0 unspecified atom stereocenters. The summed E-state index contributed by atoms with van der Waals surface area (Å²) in [5.74, 6) is -0.606. The Morgan fingerprint density at radius 3 is 2.67 bits per heavy atom. The summed E-state index contributed by atoms with van der Waals surface area (Å²) >= 11 is 6.17. The van der Waals surface area contributed by atoms with Gasteiger partial charge in [-0.3, -0.25) is 4.79 Å². The lowest BCUT2D eigenvalue weighted by atomic mass is 10.2. The first-order valence-electron chi connectivity index (χ1n) is 8.22. The normalized spacial score (nSPS) is 10.4. The van der Waals surface area contributed by atoms with Gasteiger partial charge < -0.3 is 20.1 Å². The molecule has 1 aromatic carbocycles. The molecule has 2 aromatic rings. The molecule has 2 rings (SSSR count). The zero-order valence-electron chi connectivity index (χ0n) is 15.3. The second-order valence-electron chi connectivity index (χ2n) is 5.63. The van der Waals surface area contributed by atoms with Crippen LogP contribution in [-0.2, 0) is 9.47 Å². The van der Waals surface area contributed by atoms with Gasteiger partial charge in [0.1, 0.15) is 5.69 Å². The SMILES string of the molecule is COCCCNC(=O)c1cc(C)nc(Nc2cc(C(=O)OC)ccc2Cl)n1. The number of nitrogens with zero attached hydrogens (tertiary/aromatic N) is 2. The highest BCUT2D eigenvalue weighted by Crippen LogP contribution is 2.26. The highest BCUT2D eigenvalue weighted by molar-refractivity contribution is 6.33. The molecule has 8 nitrogen and oxygen atoms in total. The molecule has 0 bridgehead atoms. The van der Waals surface area contributed by atoms with Crippen LogP contribution >= 0.6 is 11.6 Å². The van der Waals surface area contributed by atoms with E-state index < -0.39 is 5.97 Å². The number of methoxy groups -OCH3 is 2. The number of ether oxygens (including phenoxy) is 2. The Morgan fingerprint density at radius 2 is 1.96 bits per heavy atom. The van der Waals surface area contributed by atoms with Crippen molar-refractivity contribution in [1.82, 2.24) is 15.3 Å². The Labute approximate surface area is 162 Å². The predicted octanol–water partition coefficient (Wildman–Crippen LogP) is 2.73. The molecule has 0 radical (unpaired) electrons. The number of aryl methyl sites for hydroxylation is 1. The Bertz CT molecular complexity index is 829. The molecule has 0 atom stereocenters. The number of amides is 1. The van der Waals surface area contributed by atoms with Crippen LogP contribution in [0.25, 0.3) is 0 Å². The fraction of sp³-hybridized carbons (Fsp3) is 0.333. The molecule has 0 saturated heterocycles. The number of aromatic nitrogens is 2. The van der Waals surface area contributed by atoms with Crippen molar-refractivity contribution in [2.45, 2.75) is 13.3 Å². The molecule has 144 valence electrons. The molecule has 0 saturated carbocycles. The average Bonchev–Trinajstić information content (AvgIpc) is 2.65. The van der Waals surface area contributed by atoms with E-state index in [4.69, 9.17) is 21.1 Å². The number of carbonyl (C=O) groups is 2. The fourth-order valence-corrected chi connectivity index (χ4v) is 2.40. The number of esters is 1. The Morgan fingerprint density at radius 1 is 1.19 bits per heavy atom. The van der Waals surface area contributed by atoms with Crippen LogP contribution in [0.1, 0.15) is 33.0 Å². The van der Waals surface area contributed by atoms with Crippen LogP contribution in [0.15, 0.2) is 24.3 Å². The Balaban J connectivity index is 2.19. The standard InChI is InChI=1S/C18H21ClN4O4/c1-11-9-15(16(24)20-7-4-8-26-2)23-18(21-11)22-14-10-12(17(25)27-3)5-6-13(14)19/h5-6,9-10H,4,7-8H2,1-3H3,(H,20,24)(H,21,22,23). The van der Waals surface area contributed by atoms with Gasteiger partial charge >= 0.3 is 5.97 Å². The van der Waals surface area contributed by atoms with Gasteiger partial charge in [-0.15, -0.1) is 0 Å². The third kappa shape index (κ3) is 5.90. The van der Waals surface area contributed by atoms with E-state index in [0.717, 1.165) is 0 Å². The summed E-state index contributed by atoms with van der Waals surface area (Å²) in [6.07, 6.45) is 0.702. The molecule has 0 aliphatic carbocycles. The minimum absolute atomic E-state index is 0.195. The first-order valence-corrected chi connectivity index (χ1v) is 8.60. The lowest BCUT2D eigenvalue weighted by molar-refractivity contribution is 0.0600. The third-order valence-corrected chi connectivity index (χ3v) is 3.86. The minimum Gasteiger partial charge on any atom is -0.465 e. The van der Waals surface area contributed by atoms with E-state index in [1.165, 1.54) is 13.2 Å². The third-order valence-electron chi connectivity index (χ3n) is 3.53. The molecule has 0 spiro atoms. The van der Waals surface area contributed by atoms with Gasteiger partial charge in [-0.25, -0.2) is 14.8 Å². The summed E-state index contributed by atoms with van der Waals surface area (Å²) < 4.78 is 9.65. The van der Waals surface area contributed by atoms with E-state index >= 15 is 0 Å². The predicted molar refractivity (Wildman–Crippen MR) is 102 cm³/mol. The Hall–Kier alpha value is -2.71. The number of anilines is 2. The average molecular weight is 393 g/mol. The van der Waals surface area contributed by atoms with E-state index in [9.17, 15) is 9.59 Å². The van der Waals surface area contributed by atoms with Crippen LogP contribution in [0.4, 0.5) is 11.6 Å². The first kappa shape index (κ1) is 20.6. The van der Waals surface area contributed by atoms with Crippen LogP contribution < -0.4 is 10.6 Å². The van der Waals surface area contributed by atoms with E-state index in [1.54, 1.807) is 32.2 Å². The van der Waals surface area contributed by atoms with Crippen molar-refractivity contribution in [3.8, 4) is 0 Å². The van der Waals surface area contributed by atoms with Gasteiger partial charge in [-0.05, 0) is 37.6 Å². The zero-order chi connectivity index (χ0) is 19.8. The molecular weight excluding hydrogens is 372 g/mol. The zero-order valence-corrected chi connectivity index (χ0v) is 16.1. The van der Waals surface area contributed by atoms with Crippen LogP contribution in [-0.4, -0.2) is 49.2 Å². The number of nitrogens with one attached hydrogen (secondary N) is 2. The number of hydrogen-bond acceptors (Lipinski definition) is 7. The highest BCUT2D eigenvalue weighted by Gasteiger charge is 2.13. The monoisotopic (exact) mass is 392 g/mol. The molecule has 0 fully saturated rings. The Kier molecular flexibility index (Phi) is 7.51. The molecule has 0 aliphatic rings. The van der Waals surface area contributed by atoms with Crippen LogP contribution in [0.2, 0.25) is 5.02 Å². The molecule has 1 aromatic heterocycles. The second kappa shape index (κ2) is 9.84.